The monoisotopic (exact) mass is 589 g/mol. The molecule has 0 bridgehead atoms. The van der Waals surface area contributed by atoms with Crippen LogP contribution in [0.2, 0.25) is 10.0 Å². The topological polar surface area (TPSA) is 40.6 Å². The van der Waals surface area contributed by atoms with Crippen molar-refractivity contribution in [3.8, 4) is 29.2 Å². The van der Waals surface area contributed by atoms with Gasteiger partial charge < -0.3 is 14.2 Å². The Morgan fingerprint density at radius 3 is 2.30 bits per heavy atom. The maximum Gasteiger partial charge on any atom is 0.417 e. The van der Waals surface area contributed by atoms with E-state index in [0.717, 1.165) is 18.3 Å². The highest BCUT2D eigenvalue weighted by atomic mass is 35.5. The highest BCUT2D eigenvalue weighted by Gasteiger charge is 2.30. The summed E-state index contributed by atoms with van der Waals surface area (Å²) in [5, 5.41) is 0.749. The number of hydrogen-bond donors (Lipinski definition) is 0. The Labute approximate surface area is 231 Å². The number of alkyl halides is 3. The van der Waals surface area contributed by atoms with Crippen molar-refractivity contribution in [2.75, 3.05) is 19.8 Å². The average molecular weight is 591 g/mol. The van der Waals surface area contributed by atoms with E-state index in [0.29, 0.717) is 34.1 Å². The van der Waals surface area contributed by atoms with Crippen molar-refractivity contribution < 1.29 is 27.4 Å². The molecule has 1 heterocycles. The number of benzene rings is 2. The summed E-state index contributed by atoms with van der Waals surface area (Å²) >= 11 is 23.9. The van der Waals surface area contributed by atoms with Gasteiger partial charge in [0.1, 0.15) is 16.8 Å². The van der Waals surface area contributed by atoms with Crippen molar-refractivity contribution in [3.05, 3.63) is 92.0 Å². The SMILES string of the molecule is FC(F)(F)c1ccc(OCCCOc2c(Cl)cc(OCC=C(Cl)Cl)cc2C#Cc2ccccc2Cl)nc1. The van der Waals surface area contributed by atoms with Gasteiger partial charge in [-0.15, -0.1) is 0 Å². The van der Waals surface area contributed by atoms with Crippen molar-refractivity contribution in [2.24, 2.45) is 0 Å². The van der Waals surface area contributed by atoms with Crippen molar-refractivity contribution in [1.82, 2.24) is 4.98 Å². The molecule has 0 atom stereocenters. The Morgan fingerprint density at radius 2 is 1.62 bits per heavy atom. The molecule has 0 radical (unpaired) electrons. The van der Waals surface area contributed by atoms with Crippen LogP contribution in [0.25, 0.3) is 0 Å². The molecule has 0 unspecified atom stereocenters. The second-order valence-electron chi connectivity index (χ2n) is 7.25. The van der Waals surface area contributed by atoms with Crippen LogP contribution in [-0.4, -0.2) is 24.8 Å². The third-order valence-electron chi connectivity index (χ3n) is 4.56. The van der Waals surface area contributed by atoms with Gasteiger partial charge in [0.25, 0.3) is 0 Å². The summed E-state index contributed by atoms with van der Waals surface area (Å²) in [5.74, 6) is 6.82. The van der Waals surface area contributed by atoms with Gasteiger partial charge in [0, 0.05) is 30.3 Å². The van der Waals surface area contributed by atoms with Crippen LogP contribution in [-0.2, 0) is 6.18 Å². The summed E-state index contributed by atoms with van der Waals surface area (Å²) < 4.78 is 54.9. The van der Waals surface area contributed by atoms with Crippen molar-refractivity contribution in [2.45, 2.75) is 12.6 Å². The number of rotatable bonds is 9. The molecule has 1 aromatic heterocycles. The normalized spacial score (nSPS) is 10.8. The predicted molar refractivity (Wildman–Crippen MR) is 139 cm³/mol. The Balaban J connectivity index is 1.68. The maximum atomic E-state index is 12.6. The molecule has 0 saturated carbocycles. The zero-order chi connectivity index (χ0) is 26.8. The van der Waals surface area contributed by atoms with Crippen LogP contribution in [0.4, 0.5) is 13.2 Å². The average Bonchev–Trinajstić information content (AvgIpc) is 2.84. The van der Waals surface area contributed by atoms with Gasteiger partial charge in [-0.25, -0.2) is 4.98 Å². The van der Waals surface area contributed by atoms with Crippen LogP contribution < -0.4 is 14.2 Å². The van der Waals surface area contributed by atoms with Crippen LogP contribution in [0.15, 0.2) is 65.3 Å². The summed E-state index contributed by atoms with van der Waals surface area (Å²) in [5.41, 5.74) is 0.220. The highest BCUT2D eigenvalue weighted by Crippen LogP contribution is 2.34. The van der Waals surface area contributed by atoms with Gasteiger partial charge in [-0.05, 0) is 30.3 Å². The van der Waals surface area contributed by atoms with Gasteiger partial charge in [0.05, 0.1) is 34.4 Å². The molecule has 0 aliphatic heterocycles. The smallest absolute Gasteiger partial charge is 0.417 e. The molecule has 0 amide bonds. The minimum atomic E-state index is -4.46. The molecule has 3 aromatic rings. The Bertz CT molecular complexity index is 1300. The van der Waals surface area contributed by atoms with Gasteiger partial charge in [0.15, 0.2) is 5.75 Å². The fourth-order valence-corrected chi connectivity index (χ4v) is 3.41. The van der Waals surface area contributed by atoms with Gasteiger partial charge in [-0.1, -0.05) is 70.4 Å². The number of aromatic nitrogens is 1. The predicted octanol–water partition coefficient (Wildman–Crippen LogP) is 8.35. The van der Waals surface area contributed by atoms with Crippen LogP contribution in [0.3, 0.4) is 0 Å². The van der Waals surface area contributed by atoms with E-state index >= 15 is 0 Å². The van der Waals surface area contributed by atoms with E-state index < -0.39 is 11.7 Å². The number of ether oxygens (including phenoxy) is 3. The lowest BCUT2D eigenvalue weighted by Crippen LogP contribution is -2.08. The minimum Gasteiger partial charge on any atom is -0.491 e. The van der Waals surface area contributed by atoms with Gasteiger partial charge >= 0.3 is 6.18 Å². The van der Waals surface area contributed by atoms with Gasteiger partial charge in [0.2, 0.25) is 5.88 Å². The standard InChI is InChI=1S/C26H18Cl4F3NO3/c27-21-5-2-1-4-17(21)6-7-18-14-20(35-13-10-23(29)30)15-22(28)25(18)37-12-3-11-36-24-9-8-19(16-34-24)26(31,32)33/h1-2,4-5,8-10,14-16H,3,11-13H2. The lowest BCUT2D eigenvalue weighted by molar-refractivity contribution is -0.137. The number of hydrogen-bond acceptors (Lipinski definition) is 4. The first-order valence-electron chi connectivity index (χ1n) is 10.7. The molecule has 194 valence electrons. The molecule has 0 saturated heterocycles. The van der Waals surface area contributed by atoms with Crippen molar-refractivity contribution in [3.63, 3.8) is 0 Å². The quantitative estimate of drug-likeness (QED) is 0.185. The lowest BCUT2D eigenvalue weighted by Gasteiger charge is -2.13. The van der Waals surface area contributed by atoms with E-state index in [1.807, 2.05) is 6.07 Å². The first-order chi connectivity index (χ1) is 17.6. The summed E-state index contributed by atoms with van der Waals surface area (Å²) in [4.78, 5) is 3.67. The number of nitrogens with zero attached hydrogens (tertiary/aromatic N) is 1. The second kappa shape index (κ2) is 13.7. The first-order valence-corrected chi connectivity index (χ1v) is 12.2. The van der Waals surface area contributed by atoms with Gasteiger partial charge in [-0.2, -0.15) is 13.2 Å². The molecule has 0 spiro atoms. The second-order valence-corrected chi connectivity index (χ2v) is 9.07. The van der Waals surface area contributed by atoms with Crippen LogP contribution in [0.1, 0.15) is 23.1 Å². The number of pyridine rings is 1. The van der Waals surface area contributed by atoms with E-state index in [-0.39, 0.29) is 35.2 Å². The zero-order valence-corrected chi connectivity index (χ0v) is 21.9. The van der Waals surface area contributed by atoms with E-state index in [1.165, 1.54) is 6.08 Å². The van der Waals surface area contributed by atoms with Crippen molar-refractivity contribution >= 4 is 46.4 Å². The lowest BCUT2D eigenvalue weighted by atomic mass is 10.1. The number of halogens is 7. The maximum absolute atomic E-state index is 12.6. The largest absolute Gasteiger partial charge is 0.491 e. The molecule has 3 rings (SSSR count). The fourth-order valence-electron chi connectivity index (χ4n) is 2.83. The fraction of sp³-hybridized carbons (Fsp3) is 0.192. The Kier molecular flexibility index (Phi) is 10.7. The van der Waals surface area contributed by atoms with E-state index in [2.05, 4.69) is 16.8 Å². The Morgan fingerprint density at radius 1 is 0.892 bits per heavy atom. The van der Waals surface area contributed by atoms with E-state index in [1.54, 1.807) is 30.3 Å². The van der Waals surface area contributed by atoms with Crippen LogP contribution in [0.5, 0.6) is 17.4 Å². The summed E-state index contributed by atoms with van der Waals surface area (Å²) in [6.45, 7) is 0.459. The van der Waals surface area contributed by atoms with Crippen molar-refractivity contribution in [1.29, 1.82) is 0 Å². The third kappa shape index (κ3) is 9.24. The molecule has 0 N–H and O–H groups in total. The summed E-state index contributed by atoms with van der Waals surface area (Å²) in [6.07, 6.45) is -1.87. The third-order valence-corrected chi connectivity index (χ3v) is 5.48. The molecule has 11 heteroatoms. The zero-order valence-electron chi connectivity index (χ0n) is 18.9. The van der Waals surface area contributed by atoms with E-state index in [9.17, 15) is 13.2 Å². The minimum absolute atomic E-state index is 0.0681. The molecular weight excluding hydrogens is 573 g/mol. The molecule has 4 nitrogen and oxygen atoms in total. The Hall–Kier alpha value is -2.76. The summed E-state index contributed by atoms with van der Waals surface area (Å²) in [7, 11) is 0. The molecule has 37 heavy (non-hydrogen) atoms. The van der Waals surface area contributed by atoms with Gasteiger partial charge in [-0.3, -0.25) is 0 Å². The van der Waals surface area contributed by atoms with Crippen LogP contribution >= 0.6 is 46.4 Å². The highest BCUT2D eigenvalue weighted by molar-refractivity contribution is 6.55. The molecule has 0 aliphatic rings. The van der Waals surface area contributed by atoms with Crippen LogP contribution in [0, 0.1) is 11.8 Å². The summed E-state index contributed by atoms with van der Waals surface area (Å²) in [6, 6.07) is 12.4. The first kappa shape index (κ1) is 28.8. The molecule has 2 aromatic carbocycles. The molecular formula is C26H18Cl4F3NO3. The molecule has 0 fully saturated rings. The van der Waals surface area contributed by atoms with E-state index in [4.69, 9.17) is 60.6 Å². The molecule has 0 aliphatic carbocycles.